The first kappa shape index (κ1) is 10.3. The number of rotatable bonds is 3. The Bertz CT molecular complexity index is 351. The Hall–Kier alpha value is -1.22. The van der Waals surface area contributed by atoms with Gasteiger partial charge in [0.05, 0.1) is 0 Å². The average molecular weight is 206 g/mol. The van der Waals surface area contributed by atoms with Gasteiger partial charge in [-0.3, -0.25) is 0 Å². The lowest BCUT2D eigenvalue weighted by Crippen LogP contribution is -2.25. The summed E-state index contributed by atoms with van der Waals surface area (Å²) in [5, 5.41) is 12.7. The molecule has 0 fully saturated rings. The minimum atomic E-state index is 0.368. The largest absolute Gasteiger partial charge is 0.508 e. The summed E-state index contributed by atoms with van der Waals surface area (Å²) in [6.07, 6.45) is 0. The molecule has 3 nitrogen and oxygen atoms in total. The van der Waals surface area contributed by atoms with Gasteiger partial charge in [-0.25, -0.2) is 0 Å². The van der Waals surface area contributed by atoms with E-state index in [1.165, 1.54) is 11.3 Å². The lowest BCUT2D eigenvalue weighted by Gasteiger charge is -2.16. The van der Waals surface area contributed by atoms with Crippen LogP contribution in [0.1, 0.15) is 18.4 Å². The number of likely N-dealkylation sites (N-methyl/N-ethyl adjacent to an activating group) is 2. The molecular formula is C12H18N2O. The van der Waals surface area contributed by atoms with Crippen molar-refractivity contribution in [2.75, 3.05) is 31.6 Å². The van der Waals surface area contributed by atoms with Crippen LogP contribution in [0.3, 0.4) is 0 Å². The summed E-state index contributed by atoms with van der Waals surface area (Å²) in [6, 6.07) is 5.68. The highest BCUT2D eigenvalue weighted by molar-refractivity contribution is 5.62. The van der Waals surface area contributed by atoms with Gasteiger partial charge < -0.3 is 15.3 Å². The van der Waals surface area contributed by atoms with Gasteiger partial charge in [0.15, 0.2) is 0 Å². The third-order valence-corrected chi connectivity index (χ3v) is 3.06. The molecule has 0 amide bonds. The number of phenols is 1. The molecule has 82 valence electrons. The Kier molecular flexibility index (Phi) is 2.82. The van der Waals surface area contributed by atoms with Crippen molar-refractivity contribution < 1.29 is 5.11 Å². The fourth-order valence-corrected chi connectivity index (χ4v) is 2.34. The van der Waals surface area contributed by atoms with Gasteiger partial charge in [-0.2, -0.15) is 0 Å². The summed E-state index contributed by atoms with van der Waals surface area (Å²) in [4.78, 5) is 2.36. The third kappa shape index (κ3) is 1.79. The molecule has 0 aromatic heterocycles. The zero-order chi connectivity index (χ0) is 10.8. The van der Waals surface area contributed by atoms with E-state index < -0.39 is 0 Å². The second kappa shape index (κ2) is 4.11. The van der Waals surface area contributed by atoms with Crippen LogP contribution in [0.4, 0.5) is 5.69 Å². The number of anilines is 1. The maximum atomic E-state index is 9.50. The van der Waals surface area contributed by atoms with Gasteiger partial charge >= 0.3 is 0 Å². The Morgan fingerprint density at radius 3 is 3.00 bits per heavy atom. The number of benzene rings is 1. The van der Waals surface area contributed by atoms with Crippen molar-refractivity contribution >= 4 is 5.69 Å². The third-order valence-electron chi connectivity index (χ3n) is 3.06. The van der Waals surface area contributed by atoms with E-state index in [1.807, 2.05) is 19.2 Å². The Labute approximate surface area is 90.7 Å². The predicted octanol–water partition coefficient (Wildman–Crippen LogP) is 1.54. The molecule has 0 bridgehead atoms. The standard InChI is InChI=1S/C12H18N2O/c1-3-14-8-9(7-13-2)11-6-10(15)4-5-12(11)14/h4-6,9,13,15H,3,7-8H2,1-2H3. The molecule has 1 aliphatic heterocycles. The van der Waals surface area contributed by atoms with Crippen molar-refractivity contribution in [3.8, 4) is 5.75 Å². The molecule has 0 spiro atoms. The number of nitrogens with one attached hydrogen (secondary N) is 1. The monoisotopic (exact) mass is 206 g/mol. The van der Waals surface area contributed by atoms with Gasteiger partial charge in [0.25, 0.3) is 0 Å². The summed E-state index contributed by atoms with van der Waals surface area (Å²) >= 11 is 0. The number of phenolic OH excluding ortho intramolecular Hbond substituents is 1. The van der Waals surface area contributed by atoms with Crippen molar-refractivity contribution in [3.63, 3.8) is 0 Å². The molecule has 0 radical (unpaired) electrons. The van der Waals surface area contributed by atoms with E-state index in [-0.39, 0.29) is 0 Å². The Balaban J connectivity index is 2.34. The smallest absolute Gasteiger partial charge is 0.116 e. The normalized spacial score (nSPS) is 19.3. The van der Waals surface area contributed by atoms with Crippen molar-refractivity contribution in [1.82, 2.24) is 5.32 Å². The van der Waals surface area contributed by atoms with Crippen molar-refractivity contribution in [2.45, 2.75) is 12.8 Å². The van der Waals surface area contributed by atoms with Crippen molar-refractivity contribution in [1.29, 1.82) is 0 Å². The molecule has 1 aromatic rings. The van der Waals surface area contributed by atoms with Crippen LogP contribution in [0.15, 0.2) is 18.2 Å². The zero-order valence-corrected chi connectivity index (χ0v) is 9.33. The molecule has 0 saturated carbocycles. The summed E-state index contributed by atoms with van der Waals surface area (Å²) in [5.41, 5.74) is 2.54. The number of nitrogens with zero attached hydrogens (tertiary/aromatic N) is 1. The minimum Gasteiger partial charge on any atom is -0.508 e. The first-order valence-corrected chi connectivity index (χ1v) is 5.48. The predicted molar refractivity (Wildman–Crippen MR) is 62.7 cm³/mol. The molecule has 15 heavy (non-hydrogen) atoms. The maximum absolute atomic E-state index is 9.50. The quantitative estimate of drug-likeness (QED) is 0.787. The highest BCUT2D eigenvalue weighted by atomic mass is 16.3. The zero-order valence-electron chi connectivity index (χ0n) is 9.33. The molecule has 0 aliphatic carbocycles. The molecule has 1 aromatic carbocycles. The number of hydrogen-bond donors (Lipinski definition) is 2. The topological polar surface area (TPSA) is 35.5 Å². The molecular weight excluding hydrogens is 188 g/mol. The van der Waals surface area contributed by atoms with Gasteiger partial charge in [-0.15, -0.1) is 0 Å². The summed E-state index contributed by atoms with van der Waals surface area (Å²) in [6.45, 7) is 5.21. The second-order valence-corrected chi connectivity index (χ2v) is 4.04. The number of hydrogen-bond acceptors (Lipinski definition) is 3. The van der Waals surface area contributed by atoms with Gasteiger partial charge in [0.1, 0.15) is 5.75 Å². The SMILES string of the molecule is CCN1CC(CNC)c2cc(O)ccc21. The van der Waals surface area contributed by atoms with E-state index in [9.17, 15) is 5.11 Å². The number of aromatic hydroxyl groups is 1. The Morgan fingerprint density at radius 1 is 1.53 bits per heavy atom. The van der Waals surface area contributed by atoms with Crippen LogP contribution >= 0.6 is 0 Å². The van der Waals surface area contributed by atoms with Crippen LogP contribution < -0.4 is 10.2 Å². The van der Waals surface area contributed by atoms with E-state index in [4.69, 9.17) is 0 Å². The van der Waals surface area contributed by atoms with Gasteiger partial charge in [-0.1, -0.05) is 0 Å². The molecule has 0 saturated heterocycles. The van der Waals surface area contributed by atoms with E-state index in [2.05, 4.69) is 17.1 Å². The van der Waals surface area contributed by atoms with Crippen LogP contribution in [0, 0.1) is 0 Å². The van der Waals surface area contributed by atoms with Crippen LogP contribution in [0.5, 0.6) is 5.75 Å². The van der Waals surface area contributed by atoms with Gasteiger partial charge in [0.2, 0.25) is 0 Å². The molecule has 3 heteroatoms. The van der Waals surface area contributed by atoms with E-state index in [1.54, 1.807) is 6.07 Å². The number of fused-ring (bicyclic) bond motifs is 1. The van der Waals surface area contributed by atoms with Crippen LogP contribution in [-0.2, 0) is 0 Å². The lowest BCUT2D eigenvalue weighted by atomic mass is 10.0. The second-order valence-electron chi connectivity index (χ2n) is 4.04. The van der Waals surface area contributed by atoms with Crippen molar-refractivity contribution in [3.05, 3.63) is 23.8 Å². The van der Waals surface area contributed by atoms with Crippen LogP contribution in [0.25, 0.3) is 0 Å². The fraction of sp³-hybridized carbons (Fsp3) is 0.500. The van der Waals surface area contributed by atoms with Gasteiger partial charge in [0, 0.05) is 31.2 Å². The van der Waals surface area contributed by atoms with E-state index >= 15 is 0 Å². The molecule has 1 unspecified atom stereocenters. The molecule has 1 heterocycles. The summed E-state index contributed by atoms with van der Waals surface area (Å²) in [5.74, 6) is 0.866. The summed E-state index contributed by atoms with van der Waals surface area (Å²) in [7, 11) is 1.97. The van der Waals surface area contributed by atoms with Crippen LogP contribution in [-0.4, -0.2) is 31.8 Å². The first-order chi connectivity index (χ1) is 7.26. The maximum Gasteiger partial charge on any atom is 0.116 e. The highest BCUT2D eigenvalue weighted by Gasteiger charge is 2.27. The van der Waals surface area contributed by atoms with Gasteiger partial charge in [-0.05, 0) is 37.7 Å². The molecule has 1 aliphatic rings. The van der Waals surface area contributed by atoms with E-state index in [0.29, 0.717) is 11.7 Å². The highest BCUT2D eigenvalue weighted by Crippen LogP contribution is 2.37. The minimum absolute atomic E-state index is 0.368. The molecule has 2 rings (SSSR count). The lowest BCUT2D eigenvalue weighted by molar-refractivity contribution is 0.474. The molecule has 2 N–H and O–H groups in total. The van der Waals surface area contributed by atoms with Crippen LogP contribution in [0.2, 0.25) is 0 Å². The Morgan fingerprint density at radius 2 is 2.33 bits per heavy atom. The van der Waals surface area contributed by atoms with Crippen molar-refractivity contribution in [2.24, 2.45) is 0 Å². The average Bonchev–Trinajstić information content (AvgIpc) is 2.57. The fourth-order valence-electron chi connectivity index (χ4n) is 2.34. The molecule has 1 atom stereocenters. The summed E-state index contributed by atoms with van der Waals surface area (Å²) < 4.78 is 0. The van der Waals surface area contributed by atoms with E-state index in [0.717, 1.165) is 19.6 Å². The first-order valence-electron chi connectivity index (χ1n) is 5.48.